The van der Waals surface area contributed by atoms with E-state index in [9.17, 15) is 4.79 Å². The van der Waals surface area contributed by atoms with Gasteiger partial charge in [0.15, 0.2) is 5.58 Å². The summed E-state index contributed by atoms with van der Waals surface area (Å²) in [6.07, 6.45) is 2.85. The minimum Gasteiger partial charge on any atom is -0.445 e. The summed E-state index contributed by atoms with van der Waals surface area (Å²) in [4.78, 5) is 13.8. The Morgan fingerprint density at radius 2 is 1.85 bits per heavy atom. The molecule has 0 saturated heterocycles. The lowest BCUT2D eigenvalue weighted by Gasteiger charge is -2.28. The predicted molar refractivity (Wildman–Crippen MR) is 104 cm³/mol. The SMILES string of the molecule is C[C@H](C[NH+]1COc2ccc3c4c(c(=O)oc3c2C1)CCC4)c1ccccc1. The van der Waals surface area contributed by atoms with E-state index in [-0.39, 0.29) is 5.63 Å². The summed E-state index contributed by atoms with van der Waals surface area (Å²) >= 11 is 0. The third-order valence-electron chi connectivity index (χ3n) is 6.02. The molecule has 2 heterocycles. The number of aryl methyl sites for hydroxylation is 1. The highest BCUT2D eigenvalue weighted by Gasteiger charge is 2.28. The Hall–Kier alpha value is -2.59. The normalized spacial score (nSPS) is 19.4. The van der Waals surface area contributed by atoms with Crippen LogP contribution in [0.3, 0.4) is 0 Å². The monoisotopic (exact) mass is 362 g/mol. The van der Waals surface area contributed by atoms with E-state index < -0.39 is 0 Å². The second-order valence-electron chi connectivity index (χ2n) is 7.85. The van der Waals surface area contributed by atoms with Crippen LogP contribution in [0, 0.1) is 0 Å². The molecule has 1 N–H and O–H groups in total. The third-order valence-corrected chi connectivity index (χ3v) is 6.02. The molecule has 27 heavy (non-hydrogen) atoms. The molecular formula is C23H24NO3+. The van der Waals surface area contributed by atoms with Crippen LogP contribution in [0.25, 0.3) is 11.0 Å². The first-order valence-electron chi connectivity index (χ1n) is 9.82. The Labute approximate surface area is 158 Å². The first-order chi connectivity index (χ1) is 13.2. The zero-order valence-electron chi connectivity index (χ0n) is 15.6. The Balaban J connectivity index is 1.49. The van der Waals surface area contributed by atoms with Gasteiger partial charge in [-0.25, -0.2) is 4.79 Å². The van der Waals surface area contributed by atoms with Crippen molar-refractivity contribution in [2.75, 3.05) is 13.3 Å². The van der Waals surface area contributed by atoms with E-state index in [0.717, 1.165) is 60.2 Å². The Morgan fingerprint density at radius 1 is 1.04 bits per heavy atom. The average molecular weight is 362 g/mol. The van der Waals surface area contributed by atoms with Gasteiger partial charge in [-0.05, 0) is 42.5 Å². The maximum atomic E-state index is 12.4. The minimum absolute atomic E-state index is 0.159. The Bertz CT molecular complexity index is 1050. The maximum Gasteiger partial charge on any atom is 0.339 e. The molecule has 4 nitrogen and oxygen atoms in total. The van der Waals surface area contributed by atoms with Gasteiger partial charge in [0, 0.05) is 16.9 Å². The van der Waals surface area contributed by atoms with Gasteiger partial charge in [-0.2, -0.15) is 0 Å². The van der Waals surface area contributed by atoms with Crippen molar-refractivity contribution in [3.8, 4) is 5.75 Å². The van der Waals surface area contributed by atoms with Crippen LogP contribution in [0.5, 0.6) is 5.75 Å². The lowest BCUT2D eigenvalue weighted by atomic mass is 9.99. The zero-order valence-corrected chi connectivity index (χ0v) is 15.6. The van der Waals surface area contributed by atoms with Gasteiger partial charge in [-0.15, -0.1) is 0 Å². The molecule has 1 unspecified atom stereocenters. The number of hydrogen-bond acceptors (Lipinski definition) is 3. The van der Waals surface area contributed by atoms with E-state index in [1.54, 1.807) is 0 Å². The molecule has 0 amide bonds. The number of rotatable bonds is 3. The van der Waals surface area contributed by atoms with Crippen LogP contribution in [0.1, 0.15) is 41.5 Å². The van der Waals surface area contributed by atoms with E-state index in [1.165, 1.54) is 16.0 Å². The molecule has 1 aromatic heterocycles. The molecule has 2 aliphatic rings. The van der Waals surface area contributed by atoms with Crippen LogP contribution in [-0.2, 0) is 19.4 Å². The lowest BCUT2D eigenvalue weighted by molar-refractivity contribution is -0.933. The summed E-state index contributed by atoms with van der Waals surface area (Å²) in [7, 11) is 0. The standard InChI is InChI=1S/C23H23NO3/c1-15(16-6-3-2-4-7-16)12-24-13-20-21(26-14-24)11-10-18-17-8-5-9-19(17)23(25)27-22(18)20/h2-4,6-7,10-11,15H,5,8-9,12-14H2,1H3/p+1/t15-/m1/s1. The van der Waals surface area contributed by atoms with Gasteiger partial charge in [0.05, 0.1) is 12.1 Å². The van der Waals surface area contributed by atoms with Crippen molar-refractivity contribution < 1.29 is 14.1 Å². The molecule has 1 aliphatic heterocycles. The number of benzene rings is 2. The topological polar surface area (TPSA) is 43.9 Å². The van der Waals surface area contributed by atoms with E-state index in [0.29, 0.717) is 12.6 Å². The lowest BCUT2D eigenvalue weighted by Crippen LogP contribution is -3.12. The van der Waals surface area contributed by atoms with Crippen LogP contribution >= 0.6 is 0 Å². The highest BCUT2D eigenvalue weighted by molar-refractivity contribution is 5.86. The fourth-order valence-corrected chi connectivity index (χ4v) is 4.63. The first kappa shape index (κ1) is 16.6. The Kier molecular flexibility index (Phi) is 4.01. The second-order valence-corrected chi connectivity index (χ2v) is 7.85. The number of fused-ring (bicyclic) bond motifs is 5. The van der Waals surface area contributed by atoms with E-state index in [4.69, 9.17) is 9.15 Å². The van der Waals surface area contributed by atoms with E-state index in [1.807, 2.05) is 6.07 Å². The molecule has 2 atom stereocenters. The van der Waals surface area contributed by atoms with Crippen LogP contribution in [0.15, 0.2) is 51.7 Å². The molecule has 5 rings (SSSR count). The molecule has 3 aromatic rings. The highest BCUT2D eigenvalue weighted by atomic mass is 16.5. The smallest absolute Gasteiger partial charge is 0.339 e. The van der Waals surface area contributed by atoms with Crippen molar-refractivity contribution in [2.24, 2.45) is 0 Å². The predicted octanol–water partition coefficient (Wildman–Crippen LogP) is 2.82. The fraction of sp³-hybridized carbons (Fsp3) is 0.348. The van der Waals surface area contributed by atoms with Gasteiger partial charge in [0.2, 0.25) is 6.73 Å². The minimum atomic E-state index is -0.159. The summed E-state index contributed by atoms with van der Waals surface area (Å²) in [5.41, 5.74) is 5.03. The molecule has 0 bridgehead atoms. The van der Waals surface area contributed by atoms with Crippen LogP contribution in [-0.4, -0.2) is 13.3 Å². The summed E-state index contributed by atoms with van der Waals surface area (Å²) < 4.78 is 11.8. The number of nitrogens with one attached hydrogen (secondary N) is 1. The first-order valence-corrected chi connectivity index (χ1v) is 9.82. The molecule has 1 aliphatic carbocycles. The average Bonchev–Trinajstić information content (AvgIpc) is 3.19. The maximum absolute atomic E-state index is 12.4. The molecule has 0 spiro atoms. The molecule has 0 fully saturated rings. The van der Waals surface area contributed by atoms with Gasteiger partial charge >= 0.3 is 5.63 Å². The molecule has 0 radical (unpaired) electrons. The fourth-order valence-electron chi connectivity index (χ4n) is 4.63. The van der Waals surface area contributed by atoms with Crippen molar-refractivity contribution in [1.82, 2.24) is 0 Å². The van der Waals surface area contributed by atoms with E-state index >= 15 is 0 Å². The van der Waals surface area contributed by atoms with Crippen molar-refractivity contribution in [1.29, 1.82) is 0 Å². The number of ether oxygens (including phenoxy) is 1. The zero-order chi connectivity index (χ0) is 18.4. The van der Waals surface area contributed by atoms with E-state index in [2.05, 4.69) is 43.3 Å². The molecule has 2 aromatic carbocycles. The van der Waals surface area contributed by atoms with Crippen molar-refractivity contribution >= 4 is 11.0 Å². The van der Waals surface area contributed by atoms with Gasteiger partial charge < -0.3 is 9.15 Å². The van der Waals surface area contributed by atoms with Crippen molar-refractivity contribution in [3.63, 3.8) is 0 Å². The molecule has 4 heteroatoms. The van der Waals surface area contributed by atoms with Gasteiger partial charge in [-0.3, -0.25) is 4.90 Å². The van der Waals surface area contributed by atoms with Crippen molar-refractivity contribution in [3.05, 3.63) is 75.1 Å². The molecule has 0 saturated carbocycles. The van der Waals surface area contributed by atoms with Crippen LogP contribution < -0.4 is 15.3 Å². The Morgan fingerprint density at radius 3 is 2.70 bits per heavy atom. The summed E-state index contributed by atoms with van der Waals surface area (Å²) in [5, 5.41) is 1.10. The van der Waals surface area contributed by atoms with Gasteiger partial charge in [-0.1, -0.05) is 37.3 Å². The van der Waals surface area contributed by atoms with Crippen LogP contribution in [0.4, 0.5) is 0 Å². The van der Waals surface area contributed by atoms with Gasteiger partial charge in [0.25, 0.3) is 0 Å². The summed E-state index contributed by atoms with van der Waals surface area (Å²) in [6.45, 7) is 4.71. The summed E-state index contributed by atoms with van der Waals surface area (Å²) in [5.74, 6) is 1.30. The summed E-state index contributed by atoms with van der Waals surface area (Å²) in [6, 6.07) is 14.7. The highest BCUT2D eigenvalue weighted by Crippen LogP contribution is 2.34. The molecular weight excluding hydrogens is 338 g/mol. The number of hydrogen-bond donors (Lipinski definition) is 1. The quantitative estimate of drug-likeness (QED) is 0.729. The van der Waals surface area contributed by atoms with Crippen molar-refractivity contribution in [2.45, 2.75) is 38.6 Å². The van der Waals surface area contributed by atoms with Gasteiger partial charge in [0.1, 0.15) is 12.3 Å². The largest absolute Gasteiger partial charge is 0.445 e. The number of quaternary nitrogens is 1. The van der Waals surface area contributed by atoms with Crippen LogP contribution in [0.2, 0.25) is 0 Å². The third kappa shape index (κ3) is 2.85. The second kappa shape index (κ2) is 6.54. The molecule has 138 valence electrons.